The van der Waals surface area contributed by atoms with Crippen molar-refractivity contribution in [2.75, 3.05) is 18.4 Å². The molecule has 3 heteroatoms. The van der Waals surface area contributed by atoms with Crippen LogP contribution in [0.1, 0.15) is 38.7 Å². The molecule has 1 fully saturated rings. The molecular formula is C16H24N2O. The van der Waals surface area contributed by atoms with Crippen LogP contribution in [0.2, 0.25) is 0 Å². The van der Waals surface area contributed by atoms with Gasteiger partial charge >= 0.3 is 0 Å². The van der Waals surface area contributed by atoms with E-state index >= 15 is 0 Å². The van der Waals surface area contributed by atoms with Gasteiger partial charge in [-0.1, -0.05) is 26.0 Å². The van der Waals surface area contributed by atoms with E-state index in [2.05, 4.69) is 36.6 Å². The van der Waals surface area contributed by atoms with Crippen LogP contribution in [-0.4, -0.2) is 19.0 Å². The summed E-state index contributed by atoms with van der Waals surface area (Å²) in [6, 6.07) is 8.16. The summed E-state index contributed by atoms with van der Waals surface area (Å²) >= 11 is 0. The van der Waals surface area contributed by atoms with Gasteiger partial charge in [0.1, 0.15) is 0 Å². The lowest BCUT2D eigenvalue weighted by molar-refractivity contribution is -0.127. The number of hydrogen-bond donors (Lipinski definition) is 2. The van der Waals surface area contributed by atoms with Gasteiger partial charge in [-0.25, -0.2) is 0 Å². The van der Waals surface area contributed by atoms with Crippen LogP contribution < -0.4 is 10.6 Å². The highest BCUT2D eigenvalue weighted by molar-refractivity contribution is 5.95. The van der Waals surface area contributed by atoms with E-state index in [9.17, 15) is 4.79 Å². The fourth-order valence-electron chi connectivity index (χ4n) is 2.73. The molecule has 1 aromatic rings. The first-order valence-corrected chi connectivity index (χ1v) is 7.31. The second kappa shape index (κ2) is 6.20. The van der Waals surface area contributed by atoms with E-state index in [0.717, 1.165) is 44.5 Å². The lowest BCUT2D eigenvalue weighted by Crippen LogP contribution is -2.44. The van der Waals surface area contributed by atoms with Crippen LogP contribution in [0, 0.1) is 5.41 Å². The van der Waals surface area contributed by atoms with E-state index in [1.54, 1.807) is 0 Å². The standard InChI is InChI=1S/C16H24N2O/c1-3-13-5-7-14(8-6-13)18-15(19)16(4-2)9-11-17-12-10-16/h5-8,17H,3-4,9-12H2,1-2H3,(H,18,19). The molecule has 0 saturated carbocycles. The van der Waals surface area contributed by atoms with E-state index in [1.807, 2.05) is 12.1 Å². The van der Waals surface area contributed by atoms with Gasteiger partial charge in [-0.05, 0) is 56.5 Å². The summed E-state index contributed by atoms with van der Waals surface area (Å²) in [7, 11) is 0. The molecule has 1 amide bonds. The molecule has 0 aromatic heterocycles. The van der Waals surface area contributed by atoms with Crippen molar-refractivity contribution in [3.05, 3.63) is 29.8 Å². The van der Waals surface area contributed by atoms with Crippen molar-refractivity contribution < 1.29 is 4.79 Å². The number of benzene rings is 1. The highest BCUT2D eigenvalue weighted by Crippen LogP contribution is 2.33. The first kappa shape index (κ1) is 14.1. The summed E-state index contributed by atoms with van der Waals surface area (Å²) in [4.78, 5) is 12.5. The molecule has 0 aliphatic carbocycles. The van der Waals surface area contributed by atoms with E-state index in [-0.39, 0.29) is 11.3 Å². The van der Waals surface area contributed by atoms with Crippen molar-refractivity contribution in [3.8, 4) is 0 Å². The zero-order valence-electron chi connectivity index (χ0n) is 12.0. The first-order chi connectivity index (χ1) is 9.20. The van der Waals surface area contributed by atoms with Gasteiger partial charge in [0.2, 0.25) is 5.91 Å². The van der Waals surface area contributed by atoms with Gasteiger partial charge in [-0.2, -0.15) is 0 Å². The molecule has 0 bridgehead atoms. The van der Waals surface area contributed by atoms with Crippen LogP contribution in [0.5, 0.6) is 0 Å². The van der Waals surface area contributed by atoms with Crippen molar-refractivity contribution in [1.82, 2.24) is 5.32 Å². The smallest absolute Gasteiger partial charge is 0.230 e. The van der Waals surface area contributed by atoms with Gasteiger partial charge in [-0.3, -0.25) is 4.79 Å². The highest BCUT2D eigenvalue weighted by atomic mass is 16.2. The lowest BCUT2D eigenvalue weighted by atomic mass is 9.76. The van der Waals surface area contributed by atoms with Crippen LogP contribution in [0.25, 0.3) is 0 Å². The number of aryl methyl sites for hydroxylation is 1. The Morgan fingerprint density at radius 2 is 1.84 bits per heavy atom. The number of piperidine rings is 1. The second-order valence-electron chi connectivity index (χ2n) is 5.39. The summed E-state index contributed by atoms with van der Waals surface area (Å²) < 4.78 is 0. The molecule has 3 nitrogen and oxygen atoms in total. The van der Waals surface area contributed by atoms with Crippen LogP contribution in [0.4, 0.5) is 5.69 Å². The number of amides is 1. The van der Waals surface area contributed by atoms with Crippen molar-refractivity contribution in [3.63, 3.8) is 0 Å². The minimum absolute atomic E-state index is 0.181. The van der Waals surface area contributed by atoms with Crippen LogP contribution in [0.15, 0.2) is 24.3 Å². The Hall–Kier alpha value is -1.35. The third-order valence-corrected chi connectivity index (χ3v) is 4.34. The fraction of sp³-hybridized carbons (Fsp3) is 0.562. The summed E-state index contributed by atoms with van der Waals surface area (Å²) in [6.45, 7) is 6.13. The summed E-state index contributed by atoms with van der Waals surface area (Å²) in [5.41, 5.74) is 2.02. The molecule has 2 rings (SSSR count). The Balaban J connectivity index is 2.05. The van der Waals surface area contributed by atoms with Gasteiger partial charge in [0.25, 0.3) is 0 Å². The summed E-state index contributed by atoms with van der Waals surface area (Å²) in [5.74, 6) is 0.181. The van der Waals surface area contributed by atoms with Crippen LogP contribution >= 0.6 is 0 Å². The van der Waals surface area contributed by atoms with Gasteiger partial charge < -0.3 is 10.6 Å². The molecule has 0 unspecified atom stereocenters. The summed E-state index contributed by atoms with van der Waals surface area (Å²) in [6.07, 6.45) is 3.80. The number of carbonyl (C=O) groups excluding carboxylic acids is 1. The van der Waals surface area contributed by atoms with E-state index in [0.29, 0.717) is 0 Å². The number of carbonyl (C=O) groups is 1. The second-order valence-corrected chi connectivity index (χ2v) is 5.39. The lowest BCUT2D eigenvalue weighted by Gasteiger charge is -2.35. The first-order valence-electron chi connectivity index (χ1n) is 7.31. The fourth-order valence-corrected chi connectivity index (χ4v) is 2.73. The maximum Gasteiger partial charge on any atom is 0.230 e. The molecular weight excluding hydrogens is 236 g/mol. The maximum absolute atomic E-state index is 12.5. The van der Waals surface area contributed by atoms with Gasteiger partial charge in [-0.15, -0.1) is 0 Å². The highest BCUT2D eigenvalue weighted by Gasteiger charge is 2.37. The Morgan fingerprint density at radius 1 is 1.21 bits per heavy atom. The van der Waals surface area contributed by atoms with Crippen LogP contribution in [0.3, 0.4) is 0 Å². The Kier molecular flexibility index (Phi) is 4.59. The average molecular weight is 260 g/mol. The zero-order chi connectivity index (χ0) is 13.7. The van der Waals surface area contributed by atoms with Crippen molar-refractivity contribution >= 4 is 11.6 Å². The van der Waals surface area contributed by atoms with Gasteiger partial charge in [0.05, 0.1) is 5.41 Å². The average Bonchev–Trinajstić information content (AvgIpc) is 2.48. The molecule has 0 atom stereocenters. The number of rotatable bonds is 4. The summed E-state index contributed by atoms with van der Waals surface area (Å²) in [5, 5.41) is 6.42. The molecule has 1 aliphatic rings. The van der Waals surface area contributed by atoms with Gasteiger partial charge in [0, 0.05) is 5.69 Å². The molecule has 1 aromatic carbocycles. The predicted molar refractivity (Wildman–Crippen MR) is 79.3 cm³/mol. The minimum Gasteiger partial charge on any atom is -0.326 e. The van der Waals surface area contributed by atoms with Crippen LogP contribution in [-0.2, 0) is 11.2 Å². The van der Waals surface area contributed by atoms with E-state index in [1.165, 1.54) is 5.56 Å². The number of anilines is 1. The number of nitrogens with one attached hydrogen (secondary N) is 2. The van der Waals surface area contributed by atoms with Crippen molar-refractivity contribution in [2.45, 2.75) is 39.5 Å². The SMILES string of the molecule is CCc1ccc(NC(=O)C2(CC)CCNCC2)cc1. The zero-order valence-corrected chi connectivity index (χ0v) is 12.0. The van der Waals surface area contributed by atoms with Crippen molar-refractivity contribution in [2.24, 2.45) is 5.41 Å². The molecule has 1 saturated heterocycles. The third kappa shape index (κ3) is 3.16. The quantitative estimate of drug-likeness (QED) is 0.874. The third-order valence-electron chi connectivity index (χ3n) is 4.34. The number of hydrogen-bond acceptors (Lipinski definition) is 2. The van der Waals surface area contributed by atoms with Crippen molar-refractivity contribution in [1.29, 1.82) is 0 Å². The molecule has 2 N–H and O–H groups in total. The van der Waals surface area contributed by atoms with E-state index < -0.39 is 0 Å². The molecule has 1 heterocycles. The monoisotopic (exact) mass is 260 g/mol. The molecule has 1 aliphatic heterocycles. The van der Waals surface area contributed by atoms with Gasteiger partial charge in [0.15, 0.2) is 0 Å². The largest absolute Gasteiger partial charge is 0.326 e. The molecule has 19 heavy (non-hydrogen) atoms. The maximum atomic E-state index is 12.5. The molecule has 0 spiro atoms. The molecule has 0 radical (unpaired) electrons. The Bertz CT molecular complexity index is 419. The molecule has 104 valence electrons. The Morgan fingerprint density at radius 3 is 2.37 bits per heavy atom. The topological polar surface area (TPSA) is 41.1 Å². The Labute approximate surface area is 115 Å². The minimum atomic E-state index is -0.186. The van der Waals surface area contributed by atoms with E-state index in [4.69, 9.17) is 0 Å². The predicted octanol–water partition coefficient (Wildman–Crippen LogP) is 2.97. The normalized spacial score (nSPS) is 18.0.